The summed E-state index contributed by atoms with van der Waals surface area (Å²) in [6.45, 7) is 1.95. The van der Waals surface area contributed by atoms with Crippen LogP contribution in [-0.4, -0.2) is 12.0 Å². The standard InChI is InChI=1S/C23H22BrNO2/c1-2-21(27-18-13-7-4-8-14-18)23(26)25-22(17-11-5-3-6-12-17)19-15-9-10-16-20(19)24/h3-16,21-22H,2H2,1H3,(H,25,26)/t21-,22-/m0/s1. The SMILES string of the molecule is CC[C@H](Oc1ccccc1)C(=O)N[C@@H](c1ccccc1)c1ccccc1Br. The van der Waals surface area contributed by atoms with Gasteiger partial charge in [0, 0.05) is 4.47 Å². The number of amides is 1. The van der Waals surface area contributed by atoms with Gasteiger partial charge in [0.25, 0.3) is 5.91 Å². The average Bonchev–Trinajstić information content (AvgIpc) is 2.72. The summed E-state index contributed by atoms with van der Waals surface area (Å²) in [4.78, 5) is 13.0. The molecule has 0 aromatic heterocycles. The number of carbonyl (C=O) groups is 1. The van der Waals surface area contributed by atoms with Crippen molar-refractivity contribution >= 4 is 21.8 Å². The van der Waals surface area contributed by atoms with Crippen molar-refractivity contribution in [2.24, 2.45) is 0 Å². The molecule has 0 fully saturated rings. The largest absolute Gasteiger partial charge is 0.481 e. The first-order valence-corrected chi connectivity index (χ1v) is 9.79. The van der Waals surface area contributed by atoms with Crippen molar-refractivity contribution in [3.8, 4) is 5.75 Å². The first kappa shape index (κ1) is 19.2. The predicted octanol–water partition coefficient (Wildman–Crippen LogP) is 5.51. The number of hydrogen-bond donors (Lipinski definition) is 1. The van der Waals surface area contributed by atoms with Crippen LogP contribution in [0, 0.1) is 0 Å². The van der Waals surface area contributed by atoms with Gasteiger partial charge in [-0.15, -0.1) is 0 Å². The summed E-state index contributed by atoms with van der Waals surface area (Å²) in [5, 5.41) is 3.17. The van der Waals surface area contributed by atoms with Gasteiger partial charge in [-0.25, -0.2) is 0 Å². The molecule has 1 N–H and O–H groups in total. The molecule has 0 spiro atoms. The number of benzene rings is 3. The molecule has 3 nitrogen and oxygen atoms in total. The number of halogens is 1. The number of ether oxygens (including phenoxy) is 1. The second kappa shape index (κ2) is 9.38. The summed E-state index contributed by atoms with van der Waals surface area (Å²) < 4.78 is 6.86. The van der Waals surface area contributed by atoms with Gasteiger partial charge in [0.1, 0.15) is 5.75 Å². The lowest BCUT2D eigenvalue weighted by atomic mass is 9.98. The van der Waals surface area contributed by atoms with Crippen molar-refractivity contribution in [3.05, 3.63) is 101 Å². The zero-order valence-corrected chi connectivity index (χ0v) is 16.7. The van der Waals surface area contributed by atoms with Gasteiger partial charge in [-0.2, -0.15) is 0 Å². The molecular formula is C23H22BrNO2. The van der Waals surface area contributed by atoms with Crippen LogP contribution >= 0.6 is 15.9 Å². The molecule has 3 aromatic rings. The lowest BCUT2D eigenvalue weighted by molar-refractivity contribution is -0.128. The van der Waals surface area contributed by atoms with Crippen molar-refractivity contribution in [1.82, 2.24) is 5.32 Å². The van der Waals surface area contributed by atoms with Crippen molar-refractivity contribution < 1.29 is 9.53 Å². The van der Waals surface area contributed by atoms with Crippen LogP contribution in [0.5, 0.6) is 5.75 Å². The molecule has 0 radical (unpaired) electrons. The number of para-hydroxylation sites is 1. The molecule has 3 rings (SSSR count). The van der Waals surface area contributed by atoms with E-state index in [1.165, 1.54) is 0 Å². The Morgan fingerprint density at radius 2 is 1.52 bits per heavy atom. The van der Waals surface area contributed by atoms with E-state index in [2.05, 4.69) is 21.2 Å². The monoisotopic (exact) mass is 423 g/mol. The molecular weight excluding hydrogens is 402 g/mol. The average molecular weight is 424 g/mol. The molecule has 0 saturated heterocycles. The highest BCUT2D eigenvalue weighted by Crippen LogP contribution is 2.29. The Hall–Kier alpha value is -2.59. The minimum absolute atomic E-state index is 0.133. The summed E-state index contributed by atoms with van der Waals surface area (Å²) in [5.74, 6) is 0.558. The van der Waals surface area contributed by atoms with E-state index in [1.54, 1.807) is 0 Å². The maximum atomic E-state index is 13.0. The molecule has 0 unspecified atom stereocenters. The van der Waals surface area contributed by atoms with E-state index in [0.29, 0.717) is 12.2 Å². The molecule has 27 heavy (non-hydrogen) atoms. The van der Waals surface area contributed by atoms with Gasteiger partial charge in [-0.3, -0.25) is 4.79 Å². The highest BCUT2D eigenvalue weighted by molar-refractivity contribution is 9.10. The summed E-state index contributed by atoms with van der Waals surface area (Å²) in [7, 11) is 0. The molecule has 0 aliphatic rings. The van der Waals surface area contributed by atoms with Crippen LogP contribution in [0.2, 0.25) is 0 Å². The Bertz CT molecular complexity index is 868. The van der Waals surface area contributed by atoms with Gasteiger partial charge in [-0.05, 0) is 35.7 Å². The second-order valence-corrected chi connectivity index (χ2v) is 7.06. The van der Waals surface area contributed by atoms with E-state index in [0.717, 1.165) is 15.6 Å². The third-order valence-electron chi connectivity index (χ3n) is 4.32. The molecule has 0 saturated carbocycles. The zero-order valence-electron chi connectivity index (χ0n) is 15.1. The van der Waals surface area contributed by atoms with Gasteiger partial charge in [0.15, 0.2) is 6.10 Å². The highest BCUT2D eigenvalue weighted by Gasteiger charge is 2.24. The summed E-state index contributed by atoms with van der Waals surface area (Å²) in [6.07, 6.45) is 0.0270. The van der Waals surface area contributed by atoms with Crippen LogP contribution in [0.4, 0.5) is 0 Å². The molecule has 2 atom stereocenters. The highest BCUT2D eigenvalue weighted by atomic mass is 79.9. The van der Waals surface area contributed by atoms with Crippen LogP contribution in [-0.2, 0) is 4.79 Å². The lowest BCUT2D eigenvalue weighted by Gasteiger charge is -2.24. The van der Waals surface area contributed by atoms with Crippen LogP contribution in [0.3, 0.4) is 0 Å². The van der Waals surface area contributed by atoms with Gasteiger partial charge < -0.3 is 10.1 Å². The summed E-state index contributed by atoms with van der Waals surface area (Å²) >= 11 is 3.61. The maximum absolute atomic E-state index is 13.0. The van der Waals surface area contributed by atoms with Crippen LogP contribution in [0.15, 0.2) is 89.4 Å². The molecule has 0 aliphatic heterocycles. The maximum Gasteiger partial charge on any atom is 0.261 e. The van der Waals surface area contributed by atoms with Crippen molar-refractivity contribution in [3.63, 3.8) is 0 Å². The Kier molecular flexibility index (Phi) is 6.66. The molecule has 4 heteroatoms. The first-order chi connectivity index (χ1) is 13.2. The van der Waals surface area contributed by atoms with Crippen LogP contribution in [0.1, 0.15) is 30.5 Å². The van der Waals surface area contributed by atoms with Gasteiger partial charge in [0.2, 0.25) is 0 Å². The van der Waals surface area contributed by atoms with Gasteiger partial charge >= 0.3 is 0 Å². The minimum atomic E-state index is -0.555. The van der Waals surface area contributed by atoms with Gasteiger partial charge in [0.05, 0.1) is 6.04 Å². The number of nitrogens with one attached hydrogen (secondary N) is 1. The fraction of sp³-hybridized carbons (Fsp3) is 0.174. The van der Waals surface area contributed by atoms with E-state index in [4.69, 9.17) is 4.74 Å². The minimum Gasteiger partial charge on any atom is -0.481 e. The molecule has 138 valence electrons. The molecule has 1 amide bonds. The quantitative estimate of drug-likeness (QED) is 0.543. The van der Waals surface area contributed by atoms with E-state index in [1.807, 2.05) is 91.9 Å². The Balaban J connectivity index is 1.85. The zero-order chi connectivity index (χ0) is 19.1. The van der Waals surface area contributed by atoms with Crippen LogP contribution in [0.25, 0.3) is 0 Å². The first-order valence-electron chi connectivity index (χ1n) is 9.00. The molecule has 0 aliphatic carbocycles. The Morgan fingerprint density at radius 3 is 2.15 bits per heavy atom. The predicted molar refractivity (Wildman–Crippen MR) is 112 cm³/mol. The number of carbonyl (C=O) groups excluding carboxylic acids is 1. The topological polar surface area (TPSA) is 38.3 Å². The van der Waals surface area contributed by atoms with E-state index in [-0.39, 0.29) is 11.9 Å². The molecule has 0 bridgehead atoms. The van der Waals surface area contributed by atoms with Crippen molar-refractivity contribution in [2.75, 3.05) is 0 Å². The second-order valence-electron chi connectivity index (χ2n) is 6.20. The lowest BCUT2D eigenvalue weighted by Crippen LogP contribution is -2.40. The van der Waals surface area contributed by atoms with Crippen LogP contribution < -0.4 is 10.1 Å². The Labute approximate surface area is 168 Å². The molecule has 3 aromatic carbocycles. The Morgan fingerprint density at radius 1 is 0.926 bits per heavy atom. The molecule has 0 heterocycles. The summed E-state index contributed by atoms with van der Waals surface area (Å²) in [6, 6.07) is 27.1. The van der Waals surface area contributed by atoms with Gasteiger partial charge in [-0.1, -0.05) is 89.6 Å². The normalized spacial score (nSPS) is 12.8. The van der Waals surface area contributed by atoms with E-state index in [9.17, 15) is 4.79 Å². The smallest absolute Gasteiger partial charge is 0.261 e. The number of hydrogen-bond acceptors (Lipinski definition) is 2. The van der Waals surface area contributed by atoms with E-state index >= 15 is 0 Å². The fourth-order valence-corrected chi connectivity index (χ4v) is 3.43. The van der Waals surface area contributed by atoms with Crippen molar-refractivity contribution in [2.45, 2.75) is 25.5 Å². The summed E-state index contributed by atoms with van der Waals surface area (Å²) in [5.41, 5.74) is 2.03. The van der Waals surface area contributed by atoms with E-state index < -0.39 is 6.10 Å². The van der Waals surface area contributed by atoms with Crippen molar-refractivity contribution in [1.29, 1.82) is 0 Å². The number of rotatable bonds is 7. The third kappa shape index (κ3) is 4.98. The third-order valence-corrected chi connectivity index (χ3v) is 5.04. The fourth-order valence-electron chi connectivity index (χ4n) is 2.92.